The van der Waals surface area contributed by atoms with Gasteiger partial charge in [0.2, 0.25) is 0 Å². The van der Waals surface area contributed by atoms with Crippen LogP contribution < -0.4 is 5.32 Å². The first-order valence-corrected chi connectivity index (χ1v) is 5.91. The summed E-state index contributed by atoms with van der Waals surface area (Å²) < 4.78 is 0. The minimum atomic E-state index is 0.358. The molecule has 2 rings (SSSR count). The van der Waals surface area contributed by atoms with Crippen molar-refractivity contribution in [3.63, 3.8) is 0 Å². The standard InChI is InChI=1S/C14H21N/c1-11-5-4-6-13(9-11)14(3)7-8-15-10-12(14)2/h4-6,9,12,15H,7-8,10H2,1-3H3. The number of piperidine rings is 1. The number of aryl methyl sites for hydroxylation is 1. The molecule has 1 nitrogen and oxygen atoms in total. The van der Waals surface area contributed by atoms with Crippen molar-refractivity contribution in [1.82, 2.24) is 5.32 Å². The van der Waals surface area contributed by atoms with E-state index in [1.807, 2.05) is 0 Å². The van der Waals surface area contributed by atoms with E-state index >= 15 is 0 Å². The molecule has 0 radical (unpaired) electrons. The maximum Gasteiger partial charge on any atom is -0.00147 e. The molecule has 15 heavy (non-hydrogen) atoms. The van der Waals surface area contributed by atoms with E-state index in [1.54, 1.807) is 0 Å². The van der Waals surface area contributed by atoms with E-state index in [0.717, 1.165) is 13.1 Å². The second-order valence-corrected chi connectivity index (χ2v) is 5.14. The topological polar surface area (TPSA) is 12.0 Å². The molecule has 0 aromatic heterocycles. The zero-order valence-electron chi connectivity index (χ0n) is 10.0. The van der Waals surface area contributed by atoms with Crippen molar-refractivity contribution in [3.05, 3.63) is 35.4 Å². The third-order valence-electron chi connectivity index (χ3n) is 4.04. The van der Waals surface area contributed by atoms with Gasteiger partial charge in [0.05, 0.1) is 0 Å². The maximum absolute atomic E-state index is 3.47. The van der Waals surface area contributed by atoms with Crippen molar-refractivity contribution in [1.29, 1.82) is 0 Å². The van der Waals surface area contributed by atoms with E-state index in [-0.39, 0.29) is 0 Å². The molecule has 0 spiro atoms. The Morgan fingerprint density at radius 1 is 1.40 bits per heavy atom. The van der Waals surface area contributed by atoms with Crippen LogP contribution in [0.4, 0.5) is 0 Å². The van der Waals surface area contributed by atoms with Crippen molar-refractivity contribution in [2.75, 3.05) is 13.1 Å². The Morgan fingerprint density at radius 3 is 2.87 bits per heavy atom. The number of rotatable bonds is 1. The molecule has 0 saturated carbocycles. The zero-order valence-corrected chi connectivity index (χ0v) is 10.0. The van der Waals surface area contributed by atoms with E-state index in [0.29, 0.717) is 11.3 Å². The Kier molecular flexibility index (Phi) is 2.83. The van der Waals surface area contributed by atoms with Gasteiger partial charge in [-0.05, 0) is 43.3 Å². The van der Waals surface area contributed by atoms with Gasteiger partial charge in [-0.25, -0.2) is 0 Å². The lowest BCUT2D eigenvalue weighted by molar-refractivity contribution is 0.238. The lowest BCUT2D eigenvalue weighted by atomic mass is 9.68. The fourth-order valence-electron chi connectivity index (χ4n) is 2.57. The highest BCUT2D eigenvalue weighted by atomic mass is 14.9. The molecular formula is C14H21N. The van der Waals surface area contributed by atoms with Crippen molar-refractivity contribution in [3.8, 4) is 0 Å². The Hall–Kier alpha value is -0.820. The molecule has 0 amide bonds. The Labute approximate surface area is 92.9 Å². The van der Waals surface area contributed by atoms with Gasteiger partial charge in [-0.15, -0.1) is 0 Å². The van der Waals surface area contributed by atoms with E-state index in [9.17, 15) is 0 Å². The molecule has 82 valence electrons. The van der Waals surface area contributed by atoms with Crippen LogP contribution in [0.5, 0.6) is 0 Å². The van der Waals surface area contributed by atoms with Crippen LogP contribution in [0.15, 0.2) is 24.3 Å². The van der Waals surface area contributed by atoms with Crippen molar-refractivity contribution in [2.45, 2.75) is 32.6 Å². The Morgan fingerprint density at radius 2 is 2.20 bits per heavy atom. The average molecular weight is 203 g/mol. The van der Waals surface area contributed by atoms with Crippen LogP contribution in [-0.4, -0.2) is 13.1 Å². The van der Waals surface area contributed by atoms with E-state index in [2.05, 4.69) is 50.4 Å². The molecular weight excluding hydrogens is 182 g/mol. The number of nitrogens with one attached hydrogen (secondary N) is 1. The van der Waals surface area contributed by atoms with Gasteiger partial charge in [0.1, 0.15) is 0 Å². The molecule has 0 aliphatic carbocycles. The van der Waals surface area contributed by atoms with Crippen LogP contribution in [0, 0.1) is 12.8 Å². The smallest absolute Gasteiger partial charge is 0.00147 e. The normalized spacial score (nSPS) is 31.5. The van der Waals surface area contributed by atoms with Gasteiger partial charge >= 0.3 is 0 Å². The average Bonchev–Trinajstić information content (AvgIpc) is 2.23. The second-order valence-electron chi connectivity index (χ2n) is 5.14. The molecule has 1 heteroatoms. The lowest BCUT2D eigenvalue weighted by Gasteiger charge is -2.40. The third-order valence-corrected chi connectivity index (χ3v) is 4.04. The fraction of sp³-hybridized carbons (Fsp3) is 0.571. The number of hydrogen-bond acceptors (Lipinski definition) is 1. The van der Waals surface area contributed by atoms with Gasteiger partial charge < -0.3 is 5.32 Å². The zero-order chi connectivity index (χ0) is 10.9. The third kappa shape index (κ3) is 1.93. The first-order chi connectivity index (χ1) is 7.13. The van der Waals surface area contributed by atoms with E-state index in [1.165, 1.54) is 17.5 Å². The van der Waals surface area contributed by atoms with Crippen LogP contribution in [0.1, 0.15) is 31.4 Å². The van der Waals surface area contributed by atoms with Crippen LogP contribution in [0.2, 0.25) is 0 Å². The van der Waals surface area contributed by atoms with Crippen LogP contribution in [-0.2, 0) is 5.41 Å². The molecule has 1 aromatic rings. The summed E-state index contributed by atoms with van der Waals surface area (Å²) in [6.07, 6.45) is 1.25. The van der Waals surface area contributed by atoms with Gasteiger partial charge in [0, 0.05) is 0 Å². The van der Waals surface area contributed by atoms with E-state index < -0.39 is 0 Å². The lowest BCUT2D eigenvalue weighted by Crippen LogP contribution is -2.44. The summed E-state index contributed by atoms with van der Waals surface area (Å²) in [5.41, 5.74) is 3.24. The molecule has 1 N–H and O–H groups in total. The molecule has 1 fully saturated rings. The summed E-state index contributed by atoms with van der Waals surface area (Å²) >= 11 is 0. The predicted octanol–water partition coefficient (Wildman–Crippen LogP) is 2.88. The summed E-state index contributed by atoms with van der Waals surface area (Å²) in [5.74, 6) is 0.716. The summed E-state index contributed by atoms with van der Waals surface area (Å²) in [5, 5.41) is 3.47. The minimum Gasteiger partial charge on any atom is -0.316 e. The fourth-order valence-corrected chi connectivity index (χ4v) is 2.57. The molecule has 1 saturated heterocycles. The van der Waals surface area contributed by atoms with Gasteiger partial charge in [-0.3, -0.25) is 0 Å². The van der Waals surface area contributed by atoms with Gasteiger partial charge in [-0.2, -0.15) is 0 Å². The van der Waals surface area contributed by atoms with E-state index in [4.69, 9.17) is 0 Å². The quantitative estimate of drug-likeness (QED) is 0.740. The molecule has 0 bridgehead atoms. The van der Waals surface area contributed by atoms with Crippen LogP contribution in [0.25, 0.3) is 0 Å². The molecule has 2 atom stereocenters. The second kappa shape index (κ2) is 3.97. The highest BCUT2D eigenvalue weighted by Crippen LogP contribution is 2.37. The van der Waals surface area contributed by atoms with Gasteiger partial charge in [0.15, 0.2) is 0 Å². The molecule has 1 aliphatic heterocycles. The maximum atomic E-state index is 3.47. The Balaban J connectivity index is 2.34. The first-order valence-electron chi connectivity index (χ1n) is 5.91. The highest BCUT2D eigenvalue weighted by Gasteiger charge is 2.34. The van der Waals surface area contributed by atoms with Crippen molar-refractivity contribution < 1.29 is 0 Å². The van der Waals surface area contributed by atoms with Crippen LogP contribution >= 0.6 is 0 Å². The predicted molar refractivity (Wildman–Crippen MR) is 65.2 cm³/mol. The SMILES string of the molecule is Cc1cccc(C2(C)CCNCC2C)c1. The number of benzene rings is 1. The molecule has 2 unspecified atom stereocenters. The first kappa shape index (κ1) is 10.7. The Bertz CT molecular complexity index is 345. The summed E-state index contributed by atoms with van der Waals surface area (Å²) in [6.45, 7) is 9.24. The van der Waals surface area contributed by atoms with Crippen molar-refractivity contribution >= 4 is 0 Å². The highest BCUT2D eigenvalue weighted by molar-refractivity contribution is 5.30. The van der Waals surface area contributed by atoms with Crippen LogP contribution in [0.3, 0.4) is 0 Å². The minimum absolute atomic E-state index is 0.358. The summed E-state index contributed by atoms with van der Waals surface area (Å²) in [6, 6.07) is 9.00. The largest absolute Gasteiger partial charge is 0.316 e. The number of hydrogen-bond donors (Lipinski definition) is 1. The monoisotopic (exact) mass is 203 g/mol. The molecule has 1 aromatic carbocycles. The molecule has 1 aliphatic rings. The van der Waals surface area contributed by atoms with Crippen molar-refractivity contribution in [2.24, 2.45) is 5.92 Å². The van der Waals surface area contributed by atoms with Gasteiger partial charge in [0.25, 0.3) is 0 Å². The molecule has 1 heterocycles. The van der Waals surface area contributed by atoms with Gasteiger partial charge in [-0.1, -0.05) is 43.7 Å². The summed E-state index contributed by atoms with van der Waals surface area (Å²) in [7, 11) is 0. The summed E-state index contributed by atoms with van der Waals surface area (Å²) in [4.78, 5) is 0.